The van der Waals surface area contributed by atoms with Crippen LogP contribution >= 0.6 is 0 Å². The molecule has 1 unspecified atom stereocenters. The number of carbonyl (C=O) groups excluding carboxylic acids is 1. The maximum atomic E-state index is 13.4. The molecule has 8 heteroatoms. The highest BCUT2D eigenvalue weighted by molar-refractivity contribution is 5.97. The van der Waals surface area contributed by atoms with Gasteiger partial charge in [-0.05, 0) is 68.4 Å². The molecule has 1 fully saturated rings. The van der Waals surface area contributed by atoms with Gasteiger partial charge in [0.15, 0.2) is 0 Å². The van der Waals surface area contributed by atoms with E-state index in [1.54, 1.807) is 25.5 Å². The van der Waals surface area contributed by atoms with Gasteiger partial charge in [-0.1, -0.05) is 42.5 Å². The zero-order chi connectivity index (χ0) is 26.7. The van der Waals surface area contributed by atoms with E-state index in [1.807, 2.05) is 55.6 Å². The van der Waals surface area contributed by atoms with Gasteiger partial charge in [0, 0.05) is 12.6 Å². The van der Waals surface area contributed by atoms with Gasteiger partial charge in [-0.15, -0.1) is 4.99 Å². The van der Waals surface area contributed by atoms with Gasteiger partial charge >= 0.3 is 0 Å². The standard InChI is InChI=1S/C30H35N5O3/c1-3-32-30(33-21-31)35(20-25-12-9-19-38-25)24-17-15-23(16-18-24)28(22-10-5-4-6-11-22)34-29(36)26-13-7-8-14-27(26)37-2/h4-14,19,23-24,28H,3,15-18,20H2,1-2H3,(H,32,33)(H,34,36)/t23-,24+,28?. The van der Waals surface area contributed by atoms with Crippen molar-refractivity contribution in [1.29, 1.82) is 5.26 Å². The second-order valence-electron chi connectivity index (χ2n) is 9.40. The third-order valence-corrected chi connectivity index (χ3v) is 7.12. The summed E-state index contributed by atoms with van der Waals surface area (Å²) in [6.07, 6.45) is 7.23. The van der Waals surface area contributed by atoms with E-state index in [2.05, 4.69) is 32.7 Å². The highest BCUT2D eigenvalue weighted by Gasteiger charge is 2.34. The molecule has 2 aromatic carbocycles. The molecule has 1 aliphatic rings. The topological polar surface area (TPSA) is 103 Å². The van der Waals surface area contributed by atoms with Crippen LogP contribution in [-0.4, -0.2) is 36.5 Å². The van der Waals surface area contributed by atoms with Crippen LogP contribution in [0.25, 0.3) is 0 Å². The van der Waals surface area contributed by atoms with Crippen LogP contribution in [-0.2, 0) is 6.54 Å². The molecule has 0 saturated heterocycles. The van der Waals surface area contributed by atoms with Gasteiger partial charge in [-0.25, -0.2) is 0 Å². The Hall–Kier alpha value is -4.25. The minimum Gasteiger partial charge on any atom is -0.496 e. The molecule has 0 aliphatic heterocycles. The van der Waals surface area contributed by atoms with Crippen LogP contribution in [0.1, 0.15) is 60.3 Å². The van der Waals surface area contributed by atoms with Crippen LogP contribution in [0.4, 0.5) is 0 Å². The molecule has 8 nitrogen and oxygen atoms in total. The van der Waals surface area contributed by atoms with Crippen LogP contribution < -0.4 is 15.4 Å². The fraction of sp³-hybridized carbons (Fsp3) is 0.367. The van der Waals surface area contributed by atoms with E-state index in [0.29, 0.717) is 30.4 Å². The van der Waals surface area contributed by atoms with Gasteiger partial charge in [0.25, 0.3) is 5.91 Å². The molecule has 1 aromatic heterocycles. The second-order valence-corrected chi connectivity index (χ2v) is 9.40. The highest BCUT2D eigenvalue weighted by Crippen LogP contribution is 2.37. The van der Waals surface area contributed by atoms with Crippen molar-refractivity contribution in [2.45, 2.75) is 51.2 Å². The van der Waals surface area contributed by atoms with E-state index in [1.165, 1.54) is 0 Å². The van der Waals surface area contributed by atoms with Gasteiger partial charge < -0.3 is 24.7 Å². The molecule has 38 heavy (non-hydrogen) atoms. The molecular formula is C30H35N5O3. The number of rotatable bonds is 9. The molecule has 3 aromatic rings. The number of furan rings is 1. The third kappa shape index (κ3) is 6.54. The van der Waals surface area contributed by atoms with Crippen molar-refractivity contribution in [3.8, 4) is 11.9 Å². The van der Waals surface area contributed by atoms with E-state index in [9.17, 15) is 10.1 Å². The molecular weight excluding hydrogens is 478 g/mol. The molecule has 2 N–H and O–H groups in total. The van der Waals surface area contributed by atoms with Crippen LogP contribution in [0.3, 0.4) is 0 Å². The maximum absolute atomic E-state index is 13.4. The molecule has 1 amide bonds. The summed E-state index contributed by atoms with van der Waals surface area (Å²) in [5.41, 5.74) is 1.61. The monoisotopic (exact) mass is 513 g/mol. The summed E-state index contributed by atoms with van der Waals surface area (Å²) in [5.74, 6) is 2.06. The molecule has 1 aliphatic carbocycles. The molecule has 1 saturated carbocycles. The first kappa shape index (κ1) is 26.8. The number of nitrogens with one attached hydrogen (secondary N) is 2. The van der Waals surface area contributed by atoms with E-state index < -0.39 is 0 Å². The lowest BCUT2D eigenvalue weighted by Crippen LogP contribution is -2.48. The van der Waals surface area contributed by atoms with Crippen LogP contribution in [0.2, 0.25) is 0 Å². The number of nitriles is 1. The largest absolute Gasteiger partial charge is 0.496 e. The first-order valence-corrected chi connectivity index (χ1v) is 13.1. The predicted molar refractivity (Wildman–Crippen MR) is 146 cm³/mol. The Kier molecular flexibility index (Phi) is 9.41. The number of nitrogens with zero attached hydrogens (tertiary/aromatic N) is 3. The molecule has 1 atom stereocenters. The summed E-state index contributed by atoms with van der Waals surface area (Å²) in [7, 11) is 1.58. The van der Waals surface area contributed by atoms with E-state index in [0.717, 1.165) is 37.0 Å². The summed E-state index contributed by atoms with van der Waals surface area (Å²) in [4.78, 5) is 19.6. The Morgan fingerprint density at radius 1 is 1.11 bits per heavy atom. The summed E-state index contributed by atoms with van der Waals surface area (Å²) < 4.78 is 11.0. The summed E-state index contributed by atoms with van der Waals surface area (Å²) in [6.45, 7) is 3.18. The molecule has 4 rings (SSSR count). The summed E-state index contributed by atoms with van der Waals surface area (Å²) >= 11 is 0. The number of ether oxygens (including phenoxy) is 1. The van der Waals surface area contributed by atoms with Gasteiger partial charge in [-0.2, -0.15) is 5.26 Å². The Balaban J connectivity index is 1.53. The van der Waals surface area contributed by atoms with Crippen molar-refractivity contribution < 1.29 is 13.9 Å². The number of aliphatic imine (C=N–C) groups is 1. The highest BCUT2D eigenvalue weighted by atomic mass is 16.5. The molecule has 0 radical (unpaired) electrons. The van der Waals surface area contributed by atoms with Crippen molar-refractivity contribution in [3.63, 3.8) is 0 Å². The molecule has 0 spiro atoms. The van der Waals surface area contributed by atoms with E-state index in [4.69, 9.17) is 9.15 Å². The number of hydrogen-bond donors (Lipinski definition) is 2. The number of hydrogen-bond acceptors (Lipinski definition) is 5. The first-order valence-electron chi connectivity index (χ1n) is 13.1. The predicted octanol–water partition coefficient (Wildman–Crippen LogP) is 5.27. The average Bonchev–Trinajstić information content (AvgIpc) is 3.48. The van der Waals surface area contributed by atoms with Crippen LogP contribution in [0.15, 0.2) is 82.4 Å². The summed E-state index contributed by atoms with van der Waals surface area (Å²) in [5, 5.41) is 15.9. The SMILES string of the molecule is CCNC(=NC#N)N(Cc1ccco1)[C@H]1CC[C@@H](C(NC(=O)c2ccccc2OC)c2ccccc2)CC1. The number of methoxy groups -OCH3 is 1. The van der Waals surface area contributed by atoms with Crippen molar-refractivity contribution in [3.05, 3.63) is 89.9 Å². The normalized spacial score (nSPS) is 18.2. The smallest absolute Gasteiger partial charge is 0.255 e. The Bertz CT molecular complexity index is 1230. The maximum Gasteiger partial charge on any atom is 0.255 e. The third-order valence-electron chi connectivity index (χ3n) is 7.12. The lowest BCUT2D eigenvalue weighted by atomic mass is 9.78. The Morgan fingerprint density at radius 3 is 2.50 bits per heavy atom. The second kappa shape index (κ2) is 13.3. The molecule has 0 bridgehead atoms. The van der Waals surface area contributed by atoms with Gasteiger partial charge in [0.1, 0.15) is 11.5 Å². The van der Waals surface area contributed by atoms with Gasteiger partial charge in [0.2, 0.25) is 12.2 Å². The number of amides is 1. The minimum absolute atomic E-state index is 0.130. The van der Waals surface area contributed by atoms with Crippen LogP contribution in [0, 0.1) is 17.4 Å². The van der Waals surface area contributed by atoms with Crippen LogP contribution in [0.5, 0.6) is 5.75 Å². The zero-order valence-electron chi connectivity index (χ0n) is 22.0. The van der Waals surface area contributed by atoms with Gasteiger partial charge in [-0.3, -0.25) is 4.79 Å². The zero-order valence-corrected chi connectivity index (χ0v) is 22.0. The molecule has 198 valence electrons. The lowest BCUT2D eigenvalue weighted by Gasteiger charge is -2.40. The average molecular weight is 514 g/mol. The summed E-state index contributed by atoms with van der Waals surface area (Å²) in [6, 6.07) is 21.3. The fourth-order valence-electron chi connectivity index (χ4n) is 5.29. The Morgan fingerprint density at radius 2 is 1.84 bits per heavy atom. The van der Waals surface area contributed by atoms with Crippen molar-refractivity contribution >= 4 is 11.9 Å². The van der Waals surface area contributed by atoms with Crippen molar-refractivity contribution in [1.82, 2.24) is 15.5 Å². The first-order chi connectivity index (χ1) is 18.6. The number of benzene rings is 2. The fourth-order valence-corrected chi connectivity index (χ4v) is 5.29. The van der Waals surface area contributed by atoms with Crippen molar-refractivity contribution in [2.24, 2.45) is 10.9 Å². The molecule has 1 heterocycles. The number of guanidine groups is 1. The van der Waals surface area contributed by atoms with Crippen molar-refractivity contribution in [2.75, 3.05) is 13.7 Å². The minimum atomic E-state index is -0.145. The number of carbonyl (C=O) groups is 1. The van der Waals surface area contributed by atoms with E-state index in [-0.39, 0.29) is 23.9 Å². The lowest BCUT2D eigenvalue weighted by molar-refractivity contribution is 0.0897. The number of para-hydroxylation sites is 1. The Labute approximate surface area is 224 Å². The quantitative estimate of drug-likeness (QED) is 0.230. The van der Waals surface area contributed by atoms with E-state index >= 15 is 0 Å². The van der Waals surface area contributed by atoms with Gasteiger partial charge in [0.05, 0.1) is 31.5 Å².